The van der Waals surface area contributed by atoms with E-state index in [2.05, 4.69) is 48.2 Å². The van der Waals surface area contributed by atoms with Gasteiger partial charge in [0.15, 0.2) is 0 Å². The molecule has 44 heavy (non-hydrogen) atoms. The number of hydrogen-bond acceptors (Lipinski definition) is 3. The summed E-state index contributed by atoms with van der Waals surface area (Å²) in [5, 5.41) is 0. The molecule has 0 radical (unpaired) electrons. The SMILES string of the molecule is CCc1ccc(CN(C(=O)C=Cc2ccc(F)cc2)[C@@H](Cc2ccccc2)C(=O)N2CCN(Cc3ccccc3)CC2)cc1. The predicted octanol–water partition coefficient (Wildman–Crippen LogP) is 6.39. The van der Waals surface area contributed by atoms with Gasteiger partial charge in [-0.2, -0.15) is 0 Å². The Bertz CT molecular complexity index is 1510. The molecule has 0 aromatic heterocycles. The largest absolute Gasteiger partial charge is 0.338 e. The predicted molar refractivity (Wildman–Crippen MR) is 174 cm³/mol. The van der Waals surface area contributed by atoms with Crippen molar-refractivity contribution in [3.05, 3.63) is 149 Å². The van der Waals surface area contributed by atoms with Crippen LogP contribution in [0.15, 0.2) is 115 Å². The van der Waals surface area contributed by atoms with Gasteiger partial charge in [-0.15, -0.1) is 0 Å². The zero-order valence-corrected chi connectivity index (χ0v) is 25.3. The summed E-state index contributed by atoms with van der Waals surface area (Å²) in [6.45, 7) is 6.02. The van der Waals surface area contributed by atoms with Crippen LogP contribution in [0, 0.1) is 5.82 Å². The molecule has 2 amide bonds. The maximum Gasteiger partial charge on any atom is 0.247 e. The van der Waals surface area contributed by atoms with Gasteiger partial charge < -0.3 is 9.80 Å². The molecule has 226 valence electrons. The van der Waals surface area contributed by atoms with Crippen LogP contribution in [-0.2, 0) is 35.5 Å². The molecule has 4 aromatic rings. The normalized spacial score (nSPS) is 14.5. The molecule has 1 atom stereocenters. The average molecular weight is 590 g/mol. The molecule has 1 aliphatic rings. The molecule has 1 aliphatic heterocycles. The van der Waals surface area contributed by atoms with E-state index in [1.807, 2.05) is 53.4 Å². The number of benzene rings is 4. The lowest BCUT2D eigenvalue weighted by Gasteiger charge is -2.39. The number of carbonyl (C=O) groups excluding carboxylic acids is 2. The molecule has 1 fully saturated rings. The molecule has 1 saturated heterocycles. The third-order valence-electron chi connectivity index (χ3n) is 8.22. The van der Waals surface area contributed by atoms with Crippen molar-refractivity contribution in [2.75, 3.05) is 26.2 Å². The van der Waals surface area contributed by atoms with E-state index in [-0.39, 0.29) is 17.6 Å². The molecule has 5 nitrogen and oxygen atoms in total. The Labute approximate surface area is 260 Å². The molecule has 1 heterocycles. The maximum absolute atomic E-state index is 14.4. The van der Waals surface area contributed by atoms with E-state index in [0.29, 0.717) is 31.6 Å². The Hall–Kier alpha value is -4.55. The molecule has 4 aromatic carbocycles. The van der Waals surface area contributed by atoms with E-state index < -0.39 is 6.04 Å². The molecule has 0 unspecified atom stereocenters. The lowest BCUT2D eigenvalue weighted by Crippen LogP contribution is -2.56. The van der Waals surface area contributed by atoms with Crippen LogP contribution in [0.3, 0.4) is 0 Å². The van der Waals surface area contributed by atoms with E-state index in [0.717, 1.165) is 37.2 Å². The number of aryl methyl sites for hydroxylation is 1. The van der Waals surface area contributed by atoms with Gasteiger partial charge in [-0.05, 0) is 52.4 Å². The van der Waals surface area contributed by atoms with Gasteiger partial charge in [0.25, 0.3) is 0 Å². The van der Waals surface area contributed by atoms with Crippen LogP contribution in [0.4, 0.5) is 4.39 Å². The molecular weight excluding hydrogens is 549 g/mol. The Kier molecular flexibility index (Phi) is 10.7. The summed E-state index contributed by atoms with van der Waals surface area (Å²) < 4.78 is 13.5. The summed E-state index contributed by atoms with van der Waals surface area (Å²) in [5.41, 5.74) is 5.15. The van der Waals surface area contributed by atoms with Crippen LogP contribution >= 0.6 is 0 Å². The van der Waals surface area contributed by atoms with Crippen molar-refractivity contribution in [3.8, 4) is 0 Å². The zero-order valence-electron chi connectivity index (χ0n) is 25.3. The van der Waals surface area contributed by atoms with E-state index in [9.17, 15) is 14.0 Å². The first kappa shape index (κ1) is 30.9. The summed E-state index contributed by atoms with van der Waals surface area (Å²) in [5.74, 6) is -0.629. The monoisotopic (exact) mass is 589 g/mol. The van der Waals surface area contributed by atoms with Gasteiger partial charge in [-0.1, -0.05) is 104 Å². The number of rotatable bonds is 11. The van der Waals surface area contributed by atoms with Gasteiger partial charge in [0.05, 0.1) is 0 Å². The number of hydrogen-bond donors (Lipinski definition) is 0. The molecule has 0 aliphatic carbocycles. The van der Waals surface area contributed by atoms with E-state index in [4.69, 9.17) is 0 Å². The lowest BCUT2D eigenvalue weighted by atomic mass is 10.0. The van der Waals surface area contributed by atoms with Crippen molar-refractivity contribution in [1.29, 1.82) is 0 Å². The zero-order chi connectivity index (χ0) is 30.7. The molecular formula is C38H40FN3O2. The highest BCUT2D eigenvalue weighted by Crippen LogP contribution is 2.20. The number of carbonyl (C=O) groups is 2. The van der Waals surface area contributed by atoms with Crippen molar-refractivity contribution in [2.45, 2.75) is 38.9 Å². The van der Waals surface area contributed by atoms with Crippen molar-refractivity contribution in [1.82, 2.24) is 14.7 Å². The van der Waals surface area contributed by atoms with Crippen molar-refractivity contribution >= 4 is 17.9 Å². The number of amides is 2. The fourth-order valence-electron chi connectivity index (χ4n) is 5.60. The first-order valence-electron chi connectivity index (χ1n) is 15.4. The first-order valence-corrected chi connectivity index (χ1v) is 15.4. The van der Waals surface area contributed by atoms with Crippen molar-refractivity contribution in [2.24, 2.45) is 0 Å². The smallest absolute Gasteiger partial charge is 0.247 e. The van der Waals surface area contributed by atoms with Crippen LogP contribution in [0.1, 0.15) is 34.7 Å². The summed E-state index contributed by atoms with van der Waals surface area (Å²) in [7, 11) is 0. The van der Waals surface area contributed by atoms with Crippen molar-refractivity contribution < 1.29 is 14.0 Å². The van der Waals surface area contributed by atoms with Crippen molar-refractivity contribution in [3.63, 3.8) is 0 Å². The van der Waals surface area contributed by atoms with E-state index in [1.165, 1.54) is 29.3 Å². The van der Waals surface area contributed by atoms with Gasteiger partial charge in [-0.3, -0.25) is 14.5 Å². The van der Waals surface area contributed by atoms with Crippen LogP contribution in [-0.4, -0.2) is 58.7 Å². The van der Waals surface area contributed by atoms with Crippen LogP contribution in [0.25, 0.3) is 6.08 Å². The highest BCUT2D eigenvalue weighted by Gasteiger charge is 2.34. The lowest BCUT2D eigenvalue weighted by molar-refractivity contribution is -0.145. The minimum atomic E-state index is -0.686. The second-order valence-electron chi connectivity index (χ2n) is 11.3. The minimum absolute atomic E-state index is 0.0399. The number of nitrogens with zero attached hydrogens (tertiary/aromatic N) is 3. The van der Waals surface area contributed by atoms with Gasteiger partial charge in [0.1, 0.15) is 11.9 Å². The van der Waals surface area contributed by atoms with Gasteiger partial charge in [-0.25, -0.2) is 4.39 Å². The van der Waals surface area contributed by atoms with Gasteiger partial charge in [0, 0.05) is 51.8 Å². The Morgan fingerprint density at radius 2 is 1.34 bits per heavy atom. The summed E-state index contributed by atoms with van der Waals surface area (Å²) in [4.78, 5) is 34.3. The Morgan fingerprint density at radius 1 is 0.750 bits per heavy atom. The topological polar surface area (TPSA) is 43.9 Å². The summed E-state index contributed by atoms with van der Waals surface area (Å²) in [6, 6.07) is 33.8. The Balaban J connectivity index is 1.40. The second kappa shape index (κ2) is 15.3. The highest BCUT2D eigenvalue weighted by atomic mass is 19.1. The first-order chi connectivity index (χ1) is 21.5. The number of piperazine rings is 1. The van der Waals surface area contributed by atoms with Gasteiger partial charge in [0.2, 0.25) is 11.8 Å². The molecule has 6 heteroatoms. The highest BCUT2D eigenvalue weighted by molar-refractivity contribution is 5.95. The molecule has 5 rings (SSSR count). The fourth-order valence-corrected chi connectivity index (χ4v) is 5.60. The fraction of sp³-hybridized carbons (Fsp3) is 0.263. The molecule has 0 saturated carbocycles. The van der Waals surface area contributed by atoms with Crippen LogP contribution < -0.4 is 0 Å². The standard InChI is InChI=1S/C38H40FN3O2/c1-2-30-13-15-34(16-14-30)29-42(37(43)22-19-31-17-20-35(39)21-18-31)36(27-32-9-5-3-6-10-32)38(44)41-25-23-40(24-26-41)28-33-11-7-4-8-12-33/h3-22,36H,2,23-29H2,1H3/t36-/m0/s1. The van der Waals surface area contributed by atoms with E-state index >= 15 is 0 Å². The van der Waals surface area contributed by atoms with Gasteiger partial charge >= 0.3 is 0 Å². The molecule has 0 bridgehead atoms. The molecule has 0 N–H and O–H groups in total. The third kappa shape index (κ3) is 8.51. The van der Waals surface area contributed by atoms with Crippen LogP contribution in [0.2, 0.25) is 0 Å². The van der Waals surface area contributed by atoms with E-state index in [1.54, 1.807) is 23.1 Å². The Morgan fingerprint density at radius 3 is 1.95 bits per heavy atom. The summed E-state index contributed by atoms with van der Waals surface area (Å²) in [6.07, 6.45) is 4.51. The molecule has 0 spiro atoms. The maximum atomic E-state index is 14.4. The number of halogens is 1. The summed E-state index contributed by atoms with van der Waals surface area (Å²) >= 11 is 0. The quantitative estimate of drug-likeness (QED) is 0.191. The van der Waals surface area contributed by atoms with Crippen LogP contribution in [0.5, 0.6) is 0 Å². The minimum Gasteiger partial charge on any atom is -0.338 e. The second-order valence-corrected chi connectivity index (χ2v) is 11.3. The third-order valence-corrected chi connectivity index (χ3v) is 8.22. The average Bonchev–Trinajstić information content (AvgIpc) is 3.07.